The van der Waals surface area contributed by atoms with Crippen LogP contribution < -0.4 is 0 Å². The fraction of sp³-hybridized carbons (Fsp3) is 0.714. The lowest BCUT2D eigenvalue weighted by Crippen LogP contribution is -2.67. The van der Waals surface area contributed by atoms with Gasteiger partial charge in [-0.1, -0.05) is 0 Å². The highest BCUT2D eigenvalue weighted by molar-refractivity contribution is 5.70. The monoisotopic (exact) mass is 678 g/mol. The topological polar surface area (TPSA) is 238 Å². The van der Waals surface area contributed by atoms with Gasteiger partial charge in [0.1, 0.15) is 31.5 Å². The molecule has 0 aliphatic carbocycles. The highest BCUT2D eigenvalue weighted by Crippen LogP contribution is 2.35. The maximum atomic E-state index is 12.3. The van der Waals surface area contributed by atoms with E-state index in [-0.39, 0.29) is 0 Å². The summed E-state index contributed by atoms with van der Waals surface area (Å²) in [6.07, 6.45) is -16.3. The molecule has 2 saturated heterocycles. The van der Waals surface area contributed by atoms with Gasteiger partial charge >= 0.3 is 47.8 Å². The first-order chi connectivity index (χ1) is 21.9. The van der Waals surface area contributed by atoms with Gasteiger partial charge in [0.05, 0.1) is 0 Å². The minimum atomic E-state index is -1.83. The van der Waals surface area contributed by atoms with E-state index in [1.165, 1.54) is 0 Å². The highest BCUT2D eigenvalue weighted by Gasteiger charge is 2.58. The number of hydrogen-bond acceptors (Lipinski definition) is 19. The summed E-state index contributed by atoms with van der Waals surface area (Å²) in [5.41, 5.74) is 0. The highest BCUT2D eigenvalue weighted by atomic mass is 16.8. The van der Waals surface area contributed by atoms with Crippen LogP contribution in [-0.2, 0) is 90.5 Å². The summed E-state index contributed by atoms with van der Waals surface area (Å²) in [7, 11) is 0. The van der Waals surface area contributed by atoms with Gasteiger partial charge in [-0.2, -0.15) is 0 Å². The molecule has 19 nitrogen and oxygen atoms in total. The molecular weight excluding hydrogens is 640 g/mol. The minimum absolute atomic E-state index is 0.590. The molecule has 19 heteroatoms. The number of rotatable bonds is 12. The summed E-state index contributed by atoms with van der Waals surface area (Å²) in [6.45, 7) is 7.05. The summed E-state index contributed by atoms with van der Waals surface area (Å²) in [6, 6.07) is 0. The lowest BCUT2D eigenvalue weighted by molar-refractivity contribution is -0.357. The van der Waals surface area contributed by atoms with Crippen LogP contribution in [0.5, 0.6) is 0 Å². The smallest absolute Gasteiger partial charge is 0.305 e. The van der Waals surface area contributed by atoms with Crippen LogP contribution in [0.15, 0.2) is 0 Å². The second kappa shape index (κ2) is 17.5. The van der Waals surface area contributed by atoms with Gasteiger partial charge in [-0.15, -0.1) is 0 Å². The van der Waals surface area contributed by atoms with Crippen molar-refractivity contribution < 1.29 is 90.5 Å². The van der Waals surface area contributed by atoms with E-state index >= 15 is 0 Å². The Balaban J connectivity index is 2.73. The number of hydrogen-bond donors (Lipinski definition) is 0. The maximum absolute atomic E-state index is 12.3. The molecule has 47 heavy (non-hydrogen) atoms. The molecule has 0 bridgehead atoms. The van der Waals surface area contributed by atoms with Crippen LogP contribution in [0, 0.1) is 0 Å². The van der Waals surface area contributed by atoms with E-state index < -0.39 is 122 Å². The summed E-state index contributed by atoms with van der Waals surface area (Å²) in [4.78, 5) is 96.3. The Hall–Kier alpha value is -4.36. The van der Waals surface area contributed by atoms with Gasteiger partial charge in [-0.05, 0) is 0 Å². The quantitative estimate of drug-likeness (QED) is 0.181. The van der Waals surface area contributed by atoms with Gasteiger partial charge in [0.25, 0.3) is 0 Å². The van der Waals surface area contributed by atoms with E-state index in [4.69, 9.17) is 52.1 Å². The van der Waals surface area contributed by atoms with E-state index in [9.17, 15) is 38.4 Å². The van der Waals surface area contributed by atoms with Gasteiger partial charge in [-0.3, -0.25) is 38.4 Å². The van der Waals surface area contributed by atoms with Crippen LogP contribution in [0.1, 0.15) is 55.4 Å². The molecule has 2 heterocycles. The predicted molar refractivity (Wildman–Crippen MR) is 145 cm³/mol. The molecule has 2 fully saturated rings. The lowest BCUT2D eigenvalue weighted by Gasteiger charge is -2.48. The van der Waals surface area contributed by atoms with E-state index in [2.05, 4.69) is 0 Å². The molecule has 0 spiro atoms. The van der Waals surface area contributed by atoms with Crippen molar-refractivity contribution in [3.05, 3.63) is 0 Å². The third kappa shape index (κ3) is 12.1. The molecule has 0 aromatic heterocycles. The molecule has 0 aromatic carbocycles. The maximum Gasteiger partial charge on any atom is 0.305 e. The molecular formula is C28H38O19. The molecule has 10 atom stereocenters. The van der Waals surface area contributed by atoms with E-state index in [0.29, 0.717) is 0 Å². The van der Waals surface area contributed by atoms with E-state index in [0.717, 1.165) is 55.4 Å². The summed E-state index contributed by atoms with van der Waals surface area (Å²) >= 11 is 0. The first-order valence-corrected chi connectivity index (χ1v) is 14.2. The fourth-order valence-electron chi connectivity index (χ4n) is 4.73. The van der Waals surface area contributed by atoms with Crippen LogP contribution in [0.4, 0.5) is 0 Å². The lowest BCUT2D eigenvalue weighted by atomic mass is 9.96. The minimum Gasteiger partial charge on any atom is -0.463 e. The van der Waals surface area contributed by atoms with Crippen LogP contribution in [0.25, 0.3) is 0 Å². The zero-order chi connectivity index (χ0) is 35.6. The average Bonchev–Trinajstić information content (AvgIpc) is 2.91. The number of carbonyl (C=O) groups excluding carboxylic acids is 8. The zero-order valence-electron chi connectivity index (χ0n) is 26.9. The van der Waals surface area contributed by atoms with Crippen LogP contribution in [0.3, 0.4) is 0 Å². The Morgan fingerprint density at radius 1 is 0.383 bits per heavy atom. The van der Waals surface area contributed by atoms with Crippen molar-refractivity contribution in [2.75, 3.05) is 13.2 Å². The average molecular weight is 679 g/mol. The van der Waals surface area contributed by atoms with Crippen molar-refractivity contribution >= 4 is 47.8 Å². The summed E-state index contributed by atoms with van der Waals surface area (Å²) < 4.78 is 60.2. The molecule has 0 radical (unpaired) electrons. The summed E-state index contributed by atoms with van der Waals surface area (Å²) in [5.74, 6) is -7.02. The molecule has 2 aliphatic heterocycles. The predicted octanol–water partition coefficient (Wildman–Crippen LogP) is -0.831. The zero-order valence-corrected chi connectivity index (χ0v) is 26.9. The largest absolute Gasteiger partial charge is 0.463 e. The first-order valence-electron chi connectivity index (χ1n) is 14.2. The number of esters is 8. The molecule has 0 amide bonds. The van der Waals surface area contributed by atoms with E-state index in [1.807, 2.05) is 0 Å². The van der Waals surface area contributed by atoms with E-state index in [1.54, 1.807) is 0 Å². The Morgan fingerprint density at radius 3 is 1.11 bits per heavy atom. The number of ether oxygens (including phenoxy) is 11. The third-order valence-electron chi connectivity index (χ3n) is 6.17. The van der Waals surface area contributed by atoms with Crippen molar-refractivity contribution in [3.63, 3.8) is 0 Å². The molecule has 0 aromatic rings. The van der Waals surface area contributed by atoms with Crippen molar-refractivity contribution in [1.82, 2.24) is 0 Å². The van der Waals surface area contributed by atoms with Crippen LogP contribution in [-0.4, -0.2) is 122 Å². The summed E-state index contributed by atoms with van der Waals surface area (Å²) in [5, 5.41) is 0. The Bertz CT molecular complexity index is 1200. The number of carbonyl (C=O) groups is 8. The van der Waals surface area contributed by atoms with Crippen LogP contribution in [0.2, 0.25) is 0 Å². The molecule has 264 valence electrons. The van der Waals surface area contributed by atoms with Gasteiger partial charge in [0.15, 0.2) is 30.7 Å². The van der Waals surface area contributed by atoms with Gasteiger partial charge in [0.2, 0.25) is 12.4 Å². The van der Waals surface area contributed by atoms with Gasteiger partial charge in [-0.25, -0.2) is 0 Å². The molecule has 0 saturated carbocycles. The second-order valence-electron chi connectivity index (χ2n) is 10.3. The molecule has 2 rings (SSSR count). The molecule has 5 unspecified atom stereocenters. The SMILES string of the molecule is CC(=O)OCC1OC(OC(C)=O)C(OC(C)=O)[C@@H](OC(C)=O)[C@@H]1O[C@@H]1OC(COC(C)=O)[C@@H](OC(C)=O)[C@H](OC(C)=O)C1OC(C)=O. The van der Waals surface area contributed by atoms with Crippen molar-refractivity contribution in [1.29, 1.82) is 0 Å². The first kappa shape index (κ1) is 38.8. The van der Waals surface area contributed by atoms with Crippen molar-refractivity contribution in [3.8, 4) is 0 Å². The van der Waals surface area contributed by atoms with Crippen molar-refractivity contribution in [2.45, 2.75) is 117 Å². The fourth-order valence-corrected chi connectivity index (χ4v) is 4.73. The van der Waals surface area contributed by atoms with Gasteiger partial charge in [0, 0.05) is 55.4 Å². The van der Waals surface area contributed by atoms with Crippen molar-refractivity contribution in [2.24, 2.45) is 0 Å². The molecule has 0 N–H and O–H groups in total. The second-order valence-corrected chi connectivity index (χ2v) is 10.3. The Kier molecular flexibility index (Phi) is 14.5. The third-order valence-corrected chi connectivity index (χ3v) is 6.17. The standard InChI is InChI=1S/C28H38O19/c1-11(29)37-9-19-21(39-13(3)31)23(40-14(4)32)26(43-17(7)35)28(46-19)47-22-20(10-38-12(2)30)45-27(44-18(8)36)25(42-16(6)34)24(22)41-15(5)33/h19-28H,9-10H2,1-8H3/t19?,20?,21-,22-,23+,24+,25?,26?,27?,28+/m1/s1. The Labute approximate surface area is 268 Å². The molecule has 2 aliphatic rings. The normalized spacial score (nSPS) is 30.0. The van der Waals surface area contributed by atoms with Gasteiger partial charge < -0.3 is 52.1 Å². The Morgan fingerprint density at radius 2 is 0.702 bits per heavy atom. The van der Waals surface area contributed by atoms with Crippen LogP contribution >= 0.6 is 0 Å².